The molecule has 2 amide bonds. The third-order valence-electron chi connectivity index (χ3n) is 8.32. The topological polar surface area (TPSA) is 120 Å². The minimum Gasteiger partial charge on any atom is -0.438 e. The number of amides is 2. The summed E-state index contributed by atoms with van der Waals surface area (Å²) in [6, 6.07) is 14.7. The molecular formula is C34H37F4N9O2. The Bertz CT molecular complexity index is 1730. The second-order valence-corrected chi connectivity index (χ2v) is 12.1. The fourth-order valence-corrected chi connectivity index (χ4v) is 5.74. The van der Waals surface area contributed by atoms with Crippen molar-refractivity contribution in [1.82, 2.24) is 30.1 Å². The van der Waals surface area contributed by atoms with Crippen LogP contribution in [-0.2, 0) is 12.7 Å². The number of piperidine rings is 1. The average molecular weight is 680 g/mol. The Kier molecular flexibility index (Phi) is 10.5. The highest BCUT2D eigenvalue weighted by Crippen LogP contribution is 2.35. The average Bonchev–Trinajstić information content (AvgIpc) is 3.07. The van der Waals surface area contributed by atoms with E-state index in [2.05, 4.69) is 41.1 Å². The monoisotopic (exact) mass is 679 g/mol. The van der Waals surface area contributed by atoms with E-state index < -0.39 is 23.9 Å². The van der Waals surface area contributed by atoms with Gasteiger partial charge in [0.05, 0.1) is 16.8 Å². The van der Waals surface area contributed by atoms with Gasteiger partial charge in [-0.3, -0.25) is 4.90 Å². The zero-order valence-electron chi connectivity index (χ0n) is 26.8. The lowest BCUT2D eigenvalue weighted by Crippen LogP contribution is -2.44. The second-order valence-electron chi connectivity index (χ2n) is 12.1. The molecule has 49 heavy (non-hydrogen) atoms. The molecule has 15 heteroatoms. The number of nitrogens with one attached hydrogen (secondary N) is 4. The summed E-state index contributed by atoms with van der Waals surface area (Å²) in [6.07, 6.45) is -1.97. The van der Waals surface area contributed by atoms with Crippen LogP contribution in [0.3, 0.4) is 0 Å². The van der Waals surface area contributed by atoms with Crippen molar-refractivity contribution < 1.29 is 27.1 Å². The van der Waals surface area contributed by atoms with E-state index in [0.717, 1.165) is 19.2 Å². The first-order valence-electron chi connectivity index (χ1n) is 16.0. The van der Waals surface area contributed by atoms with E-state index in [1.807, 2.05) is 11.9 Å². The highest BCUT2D eigenvalue weighted by Gasteiger charge is 2.34. The van der Waals surface area contributed by atoms with Gasteiger partial charge in [0.15, 0.2) is 0 Å². The molecule has 0 radical (unpaired) electrons. The number of ether oxygens (including phenoxy) is 1. The van der Waals surface area contributed by atoms with E-state index in [-0.39, 0.29) is 29.7 Å². The van der Waals surface area contributed by atoms with Gasteiger partial charge in [-0.05, 0) is 67.2 Å². The molecule has 4 aromatic rings. The number of carbonyl (C=O) groups excluding carboxylic acids is 1. The van der Waals surface area contributed by atoms with Crippen LogP contribution in [0.1, 0.15) is 17.5 Å². The second kappa shape index (κ2) is 15.1. The molecule has 11 nitrogen and oxygen atoms in total. The van der Waals surface area contributed by atoms with Crippen LogP contribution in [-0.4, -0.2) is 89.3 Å². The molecule has 0 unspecified atom stereocenters. The van der Waals surface area contributed by atoms with Gasteiger partial charge in [-0.25, -0.2) is 24.1 Å². The zero-order chi connectivity index (χ0) is 34.4. The zero-order valence-corrected chi connectivity index (χ0v) is 26.8. The van der Waals surface area contributed by atoms with Crippen LogP contribution in [0.4, 0.5) is 39.7 Å². The minimum atomic E-state index is -4.57. The standard InChI is InChI=1S/C34H37F4N9O2/c1-46-13-15-47(16-14-46)21-22-4-5-25(18-29(22)34(36,37)38)44-33(48)43-24-6-8-27(9-7-24)49-31-28(3-2-11-40-31)30-10-12-41-32(45-30)42-26-17-23(35)19-39-20-26/h2-12,18,23,26,39H,13-17,19-21H2,1H3,(H,41,42,45)(H2,43,44,48)/t23-,26-/m0/s1. The smallest absolute Gasteiger partial charge is 0.416 e. The maximum atomic E-state index is 14.0. The van der Waals surface area contributed by atoms with Crippen LogP contribution >= 0.6 is 0 Å². The number of anilines is 3. The van der Waals surface area contributed by atoms with E-state index in [1.54, 1.807) is 54.9 Å². The molecule has 258 valence electrons. The first-order valence-corrected chi connectivity index (χ1v) is 16.0. The fourth-order valence-electron chi connectivity index (χ4n) is 5.74. The number of piperazine rings is 1. The summed E-state index contributed by atoms with van der Waals surface area (Å²) in [7, 11) is 1.99. The van der Waals surface area contributed by atoms with Gasteiger partial charge < -0.3 is 30.9 Å². The molecule has 4 N–H and O–H groups in total. The number of urea groups is 1. The molecular weight excluding hydrogens is 642 g/mol. The van der Waals surface area contributed by atoms with E-state index >= 15 is 0 Å². The summed E-state index contributed by atoms with van der Waals surface area (Å²) < 4.78 is 61.8. The van der Waals surface area contributed by atoms with Crippen LogP contribution in [0.15, 0.2) is 73.1 Å². The Hall–Kier alpha value is -4.86. The molecule has 4 heterocycles. The summed E-state index contributed by atoms with van der Waals surface area (Å²) in [5.41, 5.74) is 0.975. The summed E-state index contributed by atoms with van der Waals surface area (Å²) in [5.74, 6) is 1.06. The molecule has 2 aromatic heterocycles. The van der Waals surface area contributed by atoms with Gasteiger partial charge in [0.2, 0.25) is 11.8 Å². The molecule has 0 saturated carbocycles. The number of benzene rings is 2. The van der Waals surface area contributed by atoms with Gasteiger partial charge in [-0.2, -0.15) is 13.2 Å². The van der Waals surface area contributed by atoms with E-state index in [4.69, 9.17) is 4.74 Å². The van der Waals surface area contributed by atoms with Crippen molar-refractivity contribution >= 4 is 23.4 Å². The van der Waals surface area contributed by atoms with Gasteiger partial charge >= 0.3 is 12.2 Å². The Morgan fingerprint density at radius 3 is 2.47 bits per heavy atom. The lowest BCUT2D eigenvalue weighted by Gasteiger charge is -2.33. The third-order valence-corrected chi connectivity index (χ3v) is 8.32. The number of pyridine rings is 1. The lowest BCUT2D eigenvalue weighted by molar-refractivity contribution is -0.138. The number of nitrogens with zero attached hydrogens (tertiary/aromatic N) is 5. The van der Waals surface area contributed by atoms with E-state index in [0.29, 0.717) is 61.2 Å². The maximum Gasteiger partial charge on any atom is 0.416 e. The largest absolute Gasteiger partial charge is 0.438 e. The molecule has 0 aliphatic carbocycles. The molecule has 2 aliphatic rings. The predicted molar refractivity (Wildman–Crippen MR) is 178 cm³/mol. The van der Waals surface area contributed by atoms with Gasteiger partial charge in [-0.1, -0.05) is 6.07 Å². The van der Waals surface area contributed by atoms with Gasteiger partial charge in [0.25, 0.3) is 0 Å². The van der Waals surface area contributed by atoms with Crippen molar-refractivity contribution in [3.05, 3.63) is 84.2 Å². The van der Waals surface area contributed by atoms with Crippen molar-refractivity contribution in [2.24, 2.45) is 0 Å². The number of aromatic nitrogens is 3. The summed E-state index contributed by atoms with van der Waals surface area (Å²) in [4.78, 5) is 30.1. The van der Waals surface area contributed by atoms with Crippen LogP contribution in [0, 0.1) is 0 Å². The number of alkyl halides is 4. The number of carbonyl (C=O) groups is 1. The van der Waals surface area contributed by atoms with Crippen LogP contribution in [0.2, 0.25) is 0 Å². The molecule has 2 atom stereocenters. The lowest BCUT2D eigenvalue weighted by atomic mass is 10.0. The third kappa shape index (κ3) is 9.19. The van der Waals surface area contributed by atoms with Crippen molar-refractivity contribution in [2.45, 2.75) is 31.4 Å². The number of hydrogen-bond donors (Lipinski definition) is 4. The molecule has 0 spiro atoms. The van der Waals surface area contributed by atoms with E-state index in [9.17, 15) is 22.4 Å². The number of rotatable bonds is 9. The molecule has 2 aromatic carbocycles. The molecule has 0 bridgehead atoms. The number of likely N-dealkylation sites (N-methyl/N-ethyl adjacent to an activating group) is 1. The fraction of sp³-hybridized carbons (Fsp3) is 0.353. The van der Waals surface area contributed by atoms with Gasteiger partial charge in [0.1, 0.15) is 11.9 Å². The summed E-state index contributed by atoms with van der Waals surface area (Å²) >= 11 is 0. The van der Waals surface area contributed by atoms with Crippen molar-refractivity contribution in [3.8, 4) is 22.9 Å². The molecule has 2 saturated heterocycles. The summed E-state index contributed by atoms with van der Waals surface area (Å²) in [5, 5.41) is 11.4. The van der Waals surface area contributed by atoms with Crippen molar-refractivity contribution in [3.63, 3.8) is 0 Å². The minimum absolute atomic E-state index is 0.0275. The Morgan fingerprint density at radius 1 is 0.959 bits per heavy atom. The van der Waals surface area contributed by atoms with Crippen LogP contribution in [0.5, 0.6) is 11.6 Å². The normalized spacial score (nSPS) is 18.9. The maximum absolute atomic E-state index is 14.0. The molecule has 6 rings (SSSR count). The number of hydrogen-bond acceptors (Lipinski definition) is 9. The summed E-state index contributed by atoms with van der Waals surface area (Å²) in [6.45, 7) is 4.08. The first-order chi connectivity index (χ1) is 23.6. The van der Waals surface area contributed by atoms with Crippen LogP contribution < -0.4 is 26.0 Å². The Morgan fingerprint density at radius 2 is 1.71 bits per heavy atom. The highest BCUT2D eigenvalue weighted by molar-refractivity contribution is 5.99. The Labute approximate surface area is 281 Å². The Balaban J connectivity index is 1.08. The first kappa shape index (κ1) is 34.0. The molecule has 2 fully saturated rings. The van der Waals surface area contributed by atoms with Crippen molar-refractivity contribution in [1.29, 1.82) is 0 Å². The van der Waals surface area contributed by atoms with Gasteiger partial charge in [0, 0.05) is 82.0 Å². The molecule has 2 aliphatic heterocycles. The number of halogens is 4. The predicted octanol–water partition coefficient (Wildman–Crippen LogP) is 5.85. The van der Waals surface area contributed by atoms with Crippen molar-refractivity contribution in [2.75, 3.05) is 62.3 Å². The quantitative estimate of drug-likeness (QED) is 0.162. The SMILES string of the molecule is CN1CCN(Cc2ccc(NC(=O)Nc3ccc(Oc4ncccc4-c4ccnc(N[C@@H]5CNC[C@@H](F)C5)n4)cc3)cc2C(F)(F)F)CC1. The highest BCUT2D eigenvalue weighted by atomic mass is 19.4. The van der Waals surface area contributed by atoms with E-state index in [1.165, 1.54) is 12.1 Å². The van der Waals surface area contributed by atoms with Crippen LogP contribution in [0.25, 0.3) is 11.3 Å². The van der Waals surface area contributed by atoms with Gasteiger partial charge in [-0.15, -0.1) is 0 Å².